The van der Waals surface area contributed by atoms with Gasteiger partial charge in [0.2, 0.25) is 5.91 Å². The number of carbonyl (C=O) groups excluding carboxylic acids is 1. The van der Waals surface area contributed by atoms with E-state index in [1.807, 2.05) is 44.2 Å². The van der Waals surface area contributed by atoms with Crippen molar-refractivity contribution in [1.82, 2.24) is 0 Å². The summed E-state index contributed by atoms with van der Waals surface area (Å²) in [6, 6.07) is 9.81. The summed E-state index contributed by atoms with van der Waals surface area (Å²) in [5, 5.41) is 2.94. The van der Waals surface area contributed by atoms with Crippen molar-refractivity contribution in [3.63, 3.8) is 0 Å². The summed E-state index contributed by atoms with van der Waals surface area (Å²) in [4.78, 5) is 11.8. The number of carbonyl (C=O) groups is 1. The quantitative estimate of drug-likeness (QED) is 0.903. The van der Waals surface area contributed by atoms with Crippen molar-refractivity contribution in [2.75, 3.05) is 11.1 Å². The lowest BCUT2D eigenvalue weighted by atomic mass is 10.1. The SMILES string of the molecule is Cc1ccc(C)c(NC(=O)CSCc2ccco2)c1. The average Bonchev–Trinajstić information content (AvgIpc) is 2.87. The molecule has 2 aromatic rings. The molecule has 1 heterocycles. The maximum Gasteiger partial charge on any atom is 0.234 e. The van der Waals surface area contributed by atoms with Gasteiger partial charge in [-0.3, -0.25) is 4.79 Å². The lowest BCUT2D eigenvalue weighted by molar-refractivity contribution is -0.113. The fourth-order valence-electron chi connectivity index (χ4n) is 1.70. The van der Waals surface area contributed by atoms with Crippen molar-refractivity contribution in [2.45, 2.75) is 19.6 Å². The first-order valence-electron chi connectivity index (χ1n) is 6.12. The maximum absolute atomic E-state index is 11.8. The zero-order valence-corrected chi connectivity index (χ0v) is 11.9. The van der Waals surface area contributed by atoms with Crippen LogP contribution in [-0.2, 0) is 10.5 Å². The van der Waals surface area contributed by atoms with Gasteiger partial charge in [0.15, 0.2) is 0 Å². The molecule has 19 heavy (non-hydrogen) atoms. The lowest BCUT2D eigenvalue weighted by Gasteiger charge is -2.09. The minimum Gasteiger partial charge on any atom is -0.468 e. The molecular weight excluding hydrogens is 258 g/mol. The van der Waals surface area contributed by atoms with Gasteiger partial charge in [-0.25, -0.2) is 0 Å². The molecule has 3 nitrogen and oxygen atoms in total. The zero-order valence-electron chi connectivity index (χ0n) is 11.1. The molecule has 0 unspecified atom stereocenters. The molecule has 0 fully saturated rings. The largest absolute Gasteiger partial charge is 0.468 e. The zero-order chi connectivity index (χ0) is 13.7. The van der Waals surface area contributed by atoms with Crippen LogP contribution < -0.4 is 5.32 Å². The Morgan fingerprint density at radius 1 is 1.32 bits per heavy atom. The van der Waals surface area contributed by atoms with E-state index in [1.54, 1.807) is 18.0 Å². The van der Waals surface area contributed by atoms with Gasteiger partial charge in [-0.15, -0.1) is 11.8 Å². The van der Waals surface area contributed by atoms with E-state index in [4.69, 9.17) is 4.42 Å². The standard InChI is InChI=1S/C15H17NO2S/c1-11-5-6-12(2)14(8-11)16-15(17)10-19-9-13-4-3-7-18-13/h3-8H,9-10H2,1-2H3,(H,16,17). The van der Waals surface area contributed by atoms with Crippen molar-refractivity contribution in [2.24, 2.45) is 0 Å². The summed E-state index contributed by atoms with van der Waals surface area (Å²) in [7, 11) is 0. The molecule has 1 aromatic carbocycles. The van der Waals surface area contributed by atoms with Gasteiger partial charge in [0, 0.05) is 5.69 Å². The number of aryl methyl sites for hydroxylation is 2. The second-order valence-corrected chi connectivity index (χ2v) is 5.42. The molecule has 0 aliphatic carbocycles. The van der Waals surface area contributed by atoms with Crippen LogP contribution in [-0.4, -0.2) is 11.7 Å². The third-order valence-electron chi connectivity index (χ3n) is 2.72. The Balaban J connectivity index is 1.82. The number of furan rings is 1. The first-order valence-corrected chi connectivity index (χ1v) is 7.28. The van der Waals surface area contributed by atoms with Gasteiger partial charge < -0.3 is 9.73 Å². The molecule has 2 rings (SSSR count). The molecule has 0 aliphatic rings. The number of amides is 1. The van der Waals surface area contributed by atoms with E-state index >= 15 is 0 Å². The van der Waals surface area contributed by atoms with Gasteiger partial charge in [-0.1, -0.05) is 12.1 Å². The van der Waals surface area contributed by atoms with Gasteiger partial charge in [0.25, 0.3) is 0 Å². The molecule has 0 saturated heterocycles. The number of hydrogen-bond acceptors (Lipinski definition) is 3. The van der Waals surface area contributed by atoms with Gasteiger partial charge in [0.1, 0.15) is 5.76 Å². The fourth-order valence-corrected chi connectivity index (χ4v) is 2.42. The van der Waals surface area contributed by atoms with E-state index in [1.165, 1.54) is 0 Å². The predicted molar refractivity (Wildman–Crippen MR) is 79.4 cm³/mol. The Morgan fingerprint density at radius 2 is 2.16 bits per heavy atom. The summed E-state index contributed by atoms with van der Waals surface area (Å²) >= 11 is 1.54. The second kappa shape index (κ2) is 6.48. The van der Waals surface area contributed by atoms with Gasteiger partial charge >= 0.3 is 0 Å². The van der Waals surface area contributed by atoms with Crippen LogP contribution in [0.5, 0.6) is 0 Å². The summed E-state index contributed by atoms with van der Waals surface area (Å²) < 4.78 is 5.22. The number of nitrogens with one attached hydrogen (secondary N) is 1. The molecule has 4 heteroatoms. The predicted octanol–water partition coefficient (Wildman–Crippen LogP) is 3.77. The average molecular weight is 275 g/mol. The van der Waals surface area contributed by atoms with Crippen molar-refractivity contribution in [3.8, 4) is 0 Å². The summed E-state index contributed by atoms with van der Waals surface area (Å²) in [6.45, 7) is 4.01. The minimum absolute atomic E-state index is 0.0188. The van der Waals surface area contributed by atoms with Crippen LogP contribution in [0.2, 0.25) is 0 Å². The molecule has 1 amide bonds. The second-order valence-electron chi connectivity index (χ2n) is 4.44. The molecule has 0 spiro atoms. The molecule has 0 atom stereocenters. The number of benzene rings is 1. The smallest absolute Gasteiger partial charge is 0.234 e. The Bertz CT molecular complexity index is 549. The Labute approximate surface area is 117 Å². The Morgan fingerprint density at radius 3 is 2.89 bits per heavy atom. The summed E-state index contributed by atoms with van der Waals surface area (Å²) in [6.07, 6.45) is 1.64. The van der Waals surface area contributed by atoms with Crippen LogP contribution in [0.4, 0.5) is 5.69 Å². The highest BCUT2D eigenvalue weighted by atomic mass is 32.2. The first kappa shape index (κ1) is 13.7. The number of hydrogen-bond donors (Lipinski definition) is 1. The van der Waals surface area contributed by atoms with Crippen molar-refractivity contribution in [3.05, 3.63) is 53.5 Å². The highest BCUT2D eigenvalue weighted by Crippen LogP contribution is 2.17. The molecule has 1 aromatic heterocycles. The van der Waals surface area contributed by atoms with Crippen LogP contribution in [0.15, 0.2) is 41.0 Å². The van der Waals surface area contributed by atoms with Crippen LogP contribution in [0.1, 0.15) is 16.9 Å². The maximum atomic E-state index is 11.8. The van der Waals surface area contributed by atoms with Gasteiger partial charge in [0.05, 0.1) is 17.8 Å². The van der Waals surface area contributed by atoms with Crippen LogP contribution in [0.3, 0.4) is 0 Å². The van der Waals surface area contributed by atoms with E-state index < -0.39 is 0 Å². The Kier molecular flexibility index (Phi) is 4.68. The third-order valence-corrected chi connectivity index (χ3v) is 3.68. The van der Waals surface area contributed by atoms with Crippen LogP contribution >= 0.6 is 11.8 Å². The monoisotopic (exact) mass is 275 g/mol. The van der Waals surface area contributed by atoms with E-state index in [0.29, 0.717) is 11.5 Å². The molecule has 1 N–H and O–H groups in total. The fraction of sp³-hybridized carbons (Fsp3) is 0.267. The molecule has 100 valence electrons. The first-order chi connectivity index (χ1) is 9.15. The topological polar surface area (TPSA) is 42.2 Å². The number of rotatable bonds is 5. The van der Waals surface area contributed by atoms with Crippen LogP contribution in [0, 0.1) is 13.8 Å². The molecule has 0 aliphatic heterocycles. The highest BCUT2D eigenvalue weighted by Gasteiger charge is 2.06. The summed E-state index contributed by atoms with van der Waals surface area (Å²) in [5.41, 5.74) is 3.11. The van der Waals surface area contributed by atoms with Gasteiger partial charge in [-0.05, 0) is 43.2 Å². The lowest BCUT2D eigenvalue weighted by Crippen LogP contribution is -2.15. The normalized spacial score (nSPS) is 10.4. The highest BCUT2D eigenvalue weighted by molar-refractivity contribution is 7.99. The molecule has 0 bridgehead atoms. The number of thioether (sulfide) groups is 1. The summed E-state index contributed by atoms with van der Waals surface area (Å²) in [5.74, 6) is 2.05. The van der Waals surface area contributed by atoms with E-state index in [-0.39, 0.29) is 5.91 Å². The Hall–Kier alpha value is -1.68. The van der Waals surface area contributed by atoms with Gasteiger partial charge in [-0.2, -0.15) is 0 Å². The van der Waals surface area contributed by atoms with E-state index in [2.05, 4.69) is 5.32 Å². The van der Waals surface area contributed by atoms with E-state index in [0.717, 1.165) is 22.6 Å². The van der Waals surface area contributed by atoms with Crippen molar-refractivity contribution >= 4 is 23.4 Å². The van der Waals surface area contributed by atoms with Crippen molar-refractivity contribution in [1.29, 1.82) is 0 Å². The number of anilines is 1. The molecular formula is C15H17NO2S. The third kappa shape index (κ3) is 4.17. The van der Waals surface area contributed by atoms with Crippen LogP contribution in [0.25, 0.3) is 0 Å². The molecule has 0 radical (unpaired) electrons. The van der Waals surface area contributed by atoms with E-state index in [9.17, 15) is 4.79 Å². The van der Waals surface area contributed by atoms with Crippen molar-refractivity contribution < 1.29 is 9.21 Å². The minimum atomic E-state index is 0.0188. The molecule has 0 saturated carbocycles.